The molecule has 0 N–H and O–H groups in total. The first kappa shape index (κ1) is 15.5. The van der Waals surface area contributed by atoms with Crippen LogP contribution >= 0.6 is 11.6 Å². The zero-order valence-electron chi connectivity index (χ0n) is 11.4. The molecule has 0 radical (unpaired) electrons. The molecule has 21 heavy (non-hydrogen) atoms. The number of Topliss-reactive ketones (excluding diaryl/α,β-unsaturated/α-hetero) is 1. The van der Waals surface area contributed by atoms with Gasteiger partial charge in [0.2, 0.25) is 0 Å². The van der Waals surface area contributed by atoms with Crippen LogP contribution in [0.15, 0.2) is 42.5 Å². The molecule has 0 saturated carbocycles. The Kier molecular flexibility index (Phi) is 5.31. The van der Waals surface area contributed by atoms with Gasteiger partial charge in [0.15, 0.2) is 5.78 Å². The summed E-state index contributed by atoms with van der Waals surface area (Å²) < 4.78 is 23.6. The zero-order chi connectivity index (χ0) is 15.2. The molecule has 110 valence electrons. The number of carbonyl (C=O) groups excluding carboxylic acids is 1. The van der Waals surface area contributed by atoms with Gasteiger partial charge in [-0.05, 0) is 29.8 Å². The van der Waals surface area contributed by atoms with Crippen molar-refractivity contribution in [3.63, 3.8) is 0 Å². The van der Waals surface area contributed by atoms with E-state index in [0.717, 1.165) is 11.6 Å². The first-order valence-electron chi connectivity index (χ1n) is 6.29. The number of benzene rings is 2. The molecule has 0 aromatic heterocycles. The van der Waals surface area contributed by atoms with Gasteiger partial charge in [0, 0.05) is 5.02 Å². The minimum Gasteiger partial charge on any atom is -0.496 e. The van der Waals surface area contributed by atoms with E-state index in [1.54, 1.807) is 6.07 Å². The number of rotatable bonds is 6. The summed E-state index contributed by atoms with van der Waals surface area (Å²) >= 11 is 5.99. The van der Waals surface area contributed by atoms with Crippen LogP contribution in [0.1, 0.15) is 15.9 Å². The van der Waals surface area contributed by atoms with Gasteiger partial charge in [-0.2, -0.15) is 0 Å². The van der Waals surface area contributed by atoms with E-state index < -0.39 is 5.82 Å². The Labute approximate surface area is 127 Å². The molecule has 0 aliphatic rings. The van der Waals surface area contributed by atoms with E-state index in [1.165, 1.54) is 19.2 Å². The quantitative estimate of drug-likeness (QED) is 0.760. The minimum absolute atomic E-state index is 0.164. The van der Waals surface area contributed by atoms with Crippen molar-refractivity contribution in [2.75, 3.05) is 13.7 Å². The Morgan fingerprint density at radius 1 is 1.24 bits per heavy atom. The maximum atomic E-state index is 13.2. The SMILES string of the molecule is COc1ccc(F)cc1C(=O)COCc1ccccc1Cl. The first-order chi connectivity index (χ1) is 10.1. The fraction of sp³-hybridized carbons (Fsp3) is 0.188. The molecular weight excluding hydrogens is 295 g/mol. The topological polar surface area (TPSA) is 35.5 Å². The van der Waals surface area contributed by atoms with Crippen molar-refractivity contribution in [3.05, 3.63) is 64.4 Å². The van der Waals surface area contributed by atoms with Crippen LogP contribution in [-0.4, -0.2) is 19.5 Å². The largest absolute Gasteiger partial charge is 0.496 e. The highest BCUT2D eigenvalue weighted by atomic mass is 35.5. The number of ether oxygens (including phenoxy) is 2. The van der Waals surface area contributed by atoms with Crippen molar-refractivity contribution in [2.24, 2.45) is 0 Å². The van der Waals surface area contributed by atoms with Crippen LogP contribution in [0.2, 0.25) is 5.02 Å². The molecule has 0 saturated heterocycles. The molecule has 3 nitrogen and oxygen atoms in total. The summed E-state index contributed by atoms with van der Waals surface area (Å²) in [7, 11) is 1.43. The molecule has 0 spiro atoms. The van der Waals surface area contributed by atoms with E-state index in [4.69, 9.17) is 21.1 Å². The second-order valence-electron chi connectivity index (χ2n) is 4.35. The van der Waals surface area contributed by atoms with Gasteiger partial charge in [0.05, 0.1) is 19.3 Å². The Morgan fingerprint density at radius 3 is 2.71 bits per heavy atom. The van der Waals surface area contributed by atoms with E-state index >= 15 is 0 Å². The van der Waals surface area contributed by atoms with E-state index in [9.17, 15) is 9.18 Å². The van der Waals surface area contributed by atoms with Crippen molar-refractivity contribution < 1.29 is 18.7 Å². The summed E-state index contributed by atoms with van der Waals surface area (Å²) in [4.78, 5) is 12.0. The van der Waals surface area contributed by atoms with Crippen LogP contribution in [0.5, 0.6) is 5.75 Å². The number of carbonyl (C=O) groups is 1. The molecule has 0 aliphatic heterocycles. The second-order valence-corrected chi connectivity index (χ2v) is 4.76. The summed E-state index contributed by atoms with van der Waals surface area (Å²) in [6, 6.07) is 11.0. The fourth-order valence-corrected chi connectivity index (χ4v) is 2.04. The highest BCUT2D eigenvalue weighted by molar-refractivity contribution is 6.31. The lowest BCUT2D eigenvalue weighted by atomic mass is 10.1. The van der Waals surface area contributed by atoms with Crippen molar-refractivity contribution in [1.82, 2.24) is 0 Å². The third kappa shape index (κ3) is 4.03. The lowest BCUT2D eigenvalue weighted by Crippen LogP contribution is -2.11. The van der Waals surface area contributed by atoms with E-state index in [0.29, 0.717) is 10.8 Å². The van der Waals surface area contributed by atoms with Crippen LogP contribution in [0, 0.1) is 5.82 Å². The molecule has 5 heteroatoms. The Balaban J connectivity index is 1.99. The van der Waals surface area contributed by atoms with Crippen molar-refractivity contribution in [1.29, 1.82) is 0 Å². The van der Waals surface area contributed by atoms with Gasteiger partial charge in [-0.15, -0.1) is 0 Å². The van der Waals surface area contributed by atoms with E-state index in [1.807, 2.05) is 18.2 Å². The van der Waals surface area contributed by atoms with Crippen LogP contribution in [0.25, 0.3) is 0 Å². The Hall–Kier alpha value is -1.91. The number of ketones is 1. The molecule has 0 fully saturated rings. The molecule has 0 unspecified atom stereocenters. The molecule has 2 rings (SSSR count). The zero-order valence-corrected chi connectivity index (χ0v) is 12.2. The lowest BCUT2D eigenvalue weighted by Gasteiger charge is -2.09. The molecule has 0 aliphatic carbocycles. The number of halogens is 2. The summed E-state index contributed by atoms with van der Waals surface area (Å²) in [5, 5.41) is 0.577. The average molecular weight is 309 g/mol. The Morgan fingerprint density at radius 2 is 2.00 bits per heavy atom. The maximum absolute atomic E-state index is 13.2. The minimum atomic E-state index is -0.495. The fourth-order valence-electron chi connectivity index (χ4n) is 1.84. The monoisotopic (exact) mass is 308 g/mol. The summed E-state index contributed by atoms with van der Waals surface area (Å²) in [6.45, 7) is 0.0358. The van der Waals surface area contributed by atoms with Crippen LogP contribution in [0.4, 0.5) is 4.39 Å². The van der Waals surface area contributed by atoms with E-state index in [-0.39, 0.29) is 24.6 Å². The maximum Gasteiger partial charge on any atom is 0.192 e. The third-order valence-electron chi connectivity index (χ3n) is 2.91. The van der Waals surface area contributed by atoms with Gasteiger partial charge in [0.25, 0.3) is 0 Å². The molecule has 0 atom stereocenters. The molecule has 0 heterocycles. The number of methoxy groups -OCH3 is 1. The van der Waals surface area contributed by atoms with Crippen LogP contribution in [0.3, 0.4) is 0 Å². The average Bonchev–Trinajstić information content (AvgIpc) is 2.49. The second kappa shape index (κ2) is 7.20. The summed E-state index contributed by atoms with van der Waals surface area (Å²) in [6.07, 6.45) is 0. The summed E-state index contributed by atoms with van der Waals surface area (Å²) in [5.41, 5.74) is 0.954. The van der Waals surface area contributed by atoms with Gasteiger partial charge in [-0.25, -0.2) is 4.39 Å². The lowest BCUT2D eigenvalue weighted by molar-refractivity contribution is 0.0723. The highest BCUT2D eigenvalue weighted by Gasteiger charge is 2.13. The van der Waals surface area contributed by atoms with E-state index in [2.05, 4.69) is 0 Å². The van der Waals surface area contributed by atoms with Gasteiger partial charge in [0.1, 0.15) is 18.2 Å². The smallest absolute Gasteiger partial charge is 0.192 e. The van der Waals surface area contributed by atoms with Crippen LogP contribution < -0.4 is 4.74 Å². The first-order valence-corrected chi connectivity index (χ1v) is 6.67. The molecule has 2 aromatic carbocycles. The van der Waals surface area contributed by atoms with Gasteiger partial charge in [-0.3, -0.25) is 4.79 Å². The number of hydrogen-bond acceptors (Lipinski definition) is 3. The van der Waals surface area contributed by atoms with Gasteiger partial charge in [-0.1, -0.05) is 29.8 Å². The predicted molar refractivity (Wildman–Crippen MR) is 78.4 cm³/mol. The third-order valence-corrected chi connectivity index (χ3v) is 3.28. The molecular formula is C16H14ClFO3. The molecule has 0 amide bonds. The van der Waals surface area contributed by atoms with Gasteiger partial charge >= 0.3 is 0 Å². The summed E-state index contributed by atoms with van der Waals surface area (Å²) in [5.74, 6) is -0.522. The highest BCUT2D eigenvalue weighted by Crippen LogP contribution is 2.20. The van der Waals surface area contributed by atoms with Crippen molar-refractivity contribution in [2.45, 2.75) is 6.61 Å². The van der Waals surface area contributed by atoms with Crippen molar-refractivity contribution in [3.8, 4) is 5.75 Å². The van der Waals surface area contributed by atoms with Crippen molar-refractivity contribution >= 4 is 17.4 Å². The Bertz CT molecular complexity index is 643. The predicted octanol–water partition coefficient (Wildman–Crippen LogP) is 3.89. The van der Waals surface area contributed by atoms with Gasteiger partial charge < -0.3 is 9.47 Å². The van der Waals surface area contributed by atoms with Crippen LogP contribution in [-0.2, 0) is 11.3 Å². The number of hydrogen-bond donors (Lipinski definition) is 0. The molecule has 0 bridgehead atoms. The normalized spacial score (nSPS) is 10.4. The molecule has 2 aromatic rings. The standard InChI is InChI=1S/C16H14ClFO3/c1-20-16-7-6-12(18)8-13(16)15(19)10-21-9-11-4-2-3-5-14(11)17/h2-8H,9-10H2,1H3.